The molecule has 0 amide bonds. The fraction of sp³-hybridized carbons (Fsp3) is 0.318. The normalized spacial score (nSPS) is 12.6. The van der Waals surface area contributed by atoms with Crippen molar-refractivity contribution in [2.45, 2.75) is 33.2 Å². The molecule has 0 spiro atoms. The molecule has 2 N–H and O–H groups in total. The molecule has 0 saturated heterocycles. The number of aromatic nitrogens is 3. The minimum absolute atomic E-state index is 0.401. The second kappa shape index (κ2) is 9.69. The van der Waals surface area contributed by atoms with Crippen LogP contribution < -0.4 is 10.6 Å². The van der Waals surface area contributed by atoms with E-state index in [0.29, 0.717) is 12.5 Å². The number of aliphatic imine (C=N–C) groups is 1. The van der Waals surface area contributed by atoms with Crippen LogP contribution in [-0.2, 0) is 6.54 Å². The van der Waals surface area contributed by atoms with Crippen LogP contribution in [0.5, 0.6) is 0 Å². The van der Waals surface area contributed by atoms with Gasteiger partial charge in [-0.1, -0.05) is 36.8 Å². The Morgan fingerprint density at radius 2 is 1.96 bits per heavy atom. The summed E-state index contributed by atoms with van der Waals surface area (Å²) in [5.74, 6) is 2.07. The first-order chi connectivity index (χ1) is 13.7. The number of pyridine rings is 1. The molecule has 1 aromatic carbocycles. The van der Waals surface area contributed by atoms with Crippen molar-refractivity contribution in [3.63, 3.8) is 0 Å². The molecule has 0 aliphatic carbocycles. The summed E-state index contributed by atoms with van der Waals surface area (Å²) in [4.78, 5) is 13.2. The number of hydrogen-bond donors (Lipinski definition) is 2. The molecule has 6 heteroatoms. The minimum Gasteiger partial charge on any atom is -0.357 e. The summed E-state index contributed by atoms with van der Waals surface area (Å²) < 4.78 is 1.89. The van der Waals surface area contributed by atoms with Crippen molar-refractivity contribution in [2.24, 2.45) is 4.99 Å². The zero-order valence-electron chi connectivity index (χ0n) is 16.8. The third-order valence-corrected chi connectivity index (χ3v) is 4.56. The van der Waals surface area contributed by atoms with Crippen molar-refractivity contribution in [3.05, 3.63) is 78.0 Å². The van der Waals surface area contributed by atoms with E-state index < -0.39 is 0 Å². The first-order valence-corrected chi connectivity index (χ1v) is 9.67. The van der Waals surface area contributed by atoms with E-state index in [1.165, 1.54) is 11.1 Å². The summed E-state index contributed by atoms with van der Waals surface area (Å²) in [5, 5.41) is 6.77. The van der Waals surface area contributed by atoms with Gasteiger partial charge in [0, 0.05) is 31.7 Å². The van der Waals surface area contributed by atoms with E-state index in [0.717, 1.165) is 30.4 Å². The van der Waals surface area contributed by atoms with E-state index in [9.17, 15) is 0 Å². The fourth-order valence-electron chi connectivity index (χ4n) is 2.87. The highest BCUT2D eigenvalue weighted by molar-refractivity contribution is 5.79. The Kier molecular flexibility index (Phi) is 6.78. The van der Waals surface area contributed by atoms with Crippen molar-refractivity contribution in [1.82, 2.24) is 25.2 Å². The van der Waals surface area contributed by atoms with Gasteiger partial charge in [-0.3, -0.25) is 4.57 Å². The number of hydrogen-bond acceptors (Lipinski definition) is 3. The van der Waals surface area contributed by atoms with Crippen LogP contribution in [0.25, 0.3) is 5.82 Å². The minimum atomic E-state index is 0.401. The number of benzene rings is 1. The number of imidazole rings is 1. The van der Waals surface area contributed by atoms with Crippen molar-refractivity contribution in [1.29, 1.82) is 0 Å². The molecule has 0 saturated carbocycles. The molecule has 6 nitrogen and oxygen atoms in total. The van der Waals surface area contributed by atoms with E-state index in [2.05, 4.69) is 65.6 Å². The topological polar surface area (TPSA) is 67.1 Å². The summed E-state index contributed by atoms with van der Waals surface area (Å²) in [7, 11) is 0. The van der Waals surface area contributed by atoms with Crippen molar-refractivity contribution < 1.29 is 0 Å². The molecule has 0 aliphatic rings. The largest absolute Gasteiger partial charge is 0.357 e. The molecule has 2 aromatic heterocycles. The smallest absolute Gasteiger partial charge is 0.191 e. The number of rotatable bonds is 7. The summed E-state index contributed by atoms with van der Waals surface area (Å²) >= 11 is 0. The lowest BCUT2D eigenvalue weighted by Crippen LogP contribution is -2.39. The van der Waals surface area contributed by atoms with Crippen LogP contribution in [0.2, 0.25) is 0 Å². The lowest BCUT2D eigenvalue weighted by molar-refractivity contribution is 0.699. The molecule has 28 heavy (non-hydrogen) atoms. The lowest BCUT2D eigenvalue weighted by Gasteiger charge is -2.16. The van der Waals surface area contributed by atoms with Gasteiger partial charge in [0.05, 0.1) is 6.54 Å². The second-order valence-electron chi connectivity index (χ2n) is 6.88. The van der Waals surface area contributed by atoms with Gasteiger partial charge >= 0.3 is 0 Å². The van der Waals surface area contributed by atoms with E-state index in [1.807, 2.05) is 22.9 Å². The van der Waals surface area contributed by atoms with Gasteiger partial charge in [0.1, 0.15) is 12.1 Å². The van der Waals surface area contributed by atoms with Gasteiger partial charge < -0.3 is 10.6 Å². The molecule has 0 bridgehead atoms. The number of aryl methyl sites for hydroxylation is 1. The molecule has 3 rings (SSSR count). The second-order valence-corrected chi connectivity index (χ2v) is 6.88. The first-order valence-electron chi connectivity index (χ1n) is 9.67. The Morgan fingerprint density at radius 1 is 1.14 bits per heavy atom. The zero-order valence-corrected chi connectivity index (χ0v) is 16.8. The summed E-state index contributed by atoms with van der Waals surface area (Å²) in [6.45, 7) is 8.64. The van der Waals surface area contributed by atoms with Gasteiger partial charge in [0.2, 0.25) is 0 Å². The maximum absolute atomic E-state index is 4.73. The quantitative estimate of drug-likeness (QED) is 0.490. The number of nitrogens with one attached hydrogen (secondary N) is 2. The zero-order chi connectivity index (χ0) is 19.8. The van der Waals surface area contributed by atoms with Crippen LogP contribution in [0.3, 0.4) is 0 Å². The standard InChI is InChI=1S/C22H28N6/c1-4-24-22(26-14-18(3)20-7-5-17(2)6-8-20)27-15-19-9-10-25-21(13-19)28-12-11-23-16-28/h5-13,16,18H,4,14-15H2,1-3H3,(H2,24,26,27). The maximum Gasteiger partial charge on any atom is 0.191 e. The highest BCUT2D eigenvalue weighted by Gasteiger charge is 2.07. The molecule has 146 valence electrons. The van der Waals surface area contributed by atoms with Gasteiger partial charge in [0.25, 0.3) is 0 Å². The Hall–Kier alpha value is -3.15. The molecular formula is C22H28N6. The summed E-state index contributed by atoms with van der Waals surface area (Å²) in [6, 6.07) is 12.7. The summed E-state index contributed by atoms with van der Waals surface area (Å²) in [6.07, 6.45) is 7.18. The van der Waals surface area contributed by atoms with Crippen molar-refractivity contribution in [3.8, 4) is 5.82 Å². The molecule has 0 radical (unpaired) electrons. The fourth-order valence-corrected chi connectivity index (χ4v) is 2.87. The lowest BCUT2D eigenvalue weighted by atomic mass is 10.0. The Morgan fingerprint density at radius 3 is 2.68 bits per heavy atom. The third-order valence-electron chi connectivity index (χ3n) is 4.56. The Balaban J connectivity index is 1.62. The van der Waals surface area contributed by atoms with E-state index in [4.69, 9.17) is 4.99 Å². The van der Waals surface area contributed by atoms with Crippen LogP contribution in [0.4, 0.5) is 0 Å². The summed E-state index contributed by atoms with van der Waals surface area (Å²) in [5.41, 5.74) is 3.71. The van der Waals surface area contributed by atoms with Crippen molar-refractivity contribution >= 4 is 5.96 Å². The monoisotopic (exact) mass is 376 g/mol. The maximum atomic E-state index is 4.73. The van der Waals surface area contributed by atoms with Crippen LogP contribution in [0, 0.1) is 6.92 Å². The van der Waals surface area contributed by atoms with Gasteiger partial charge in [-0.15, -0.1) is 0 Å². The molecule has 1 unspecified atom stereocenters. The highest BCUT2D eigenvalue weighted by atomic mass is 15.2. The van der Waals surface area contributed by atoms with Gasteiger partial charge in [-0.05, 0) is 43.0 Å². The number of guanidine groups is 1. The molecule has 2 heterocycles. The number of nitrogens with zero attached hydrogens (tertiary/aromatic N) is 4. The SMILES string of the molecule is CCNC(=NCc1ccnc(-n2ccnc2)c1)NCC(C)c1ccc(C)cc1. The predicted molar refractivity (Wildman–Crippen MR) is 114 cm³/mol. The molecule has 1 atom stereocenters. The molecule has 0 aliphatic heterocycles. The first kappa shape index (κ1) is 19.6. The van der Waals surface area contributed by atoms with Gasteiger partial charge in [-0.2, -0.15) is 0 Å². The Bertz CT molecular complexity index is 884. The van der Waals surface area contributed by atoms with Crippen molar-refractivity contribution in [2.75, 3.05) is 13.1 Å². The van der Waals surface area contributed by atoms with Gasteiger partial charge in [0.15, 0.2) is 5.96 Å². The van der Waals surface area contributed by atoms with Gasteiger partial charge in [-0.25, -0.2) is 15.0 Å². The van der Waals surface area contributed by atoms with E-state index in [1.54, 1.807) is 18.7 Å². The van der Waals surface area contributed by atoms with Crippen LogP contribution in [0.1, 0.15) is 36.5 Å². The Labute approximate surface area is 166 Å². The molecule has 0 fully saturated rings. The van der Waals surface area contributed by atoms with E-state index in [-0.39, 0.29) is 0 Å². The molecule has 3 aromatic rings. The van der Waals surface area contributed by atoms with Crippen LogP contribution >= 0.6 is 0 Å². The predicted octanol–water partition coefficient (Wildman–Crippen LogP) is 3.43. The average Bonchev–Trinajstić information content (AvgIpc) is 3.25. The van der Waals surface area contributed by atoms with Crippen LogP contribution in [-0.4, -0.2) is 33.6 Å². The van der Waals surface area contributed by atoms with E-state index >= 15 is 0 Å². The molecular weight excluding hydrogens is 348 g/mol. The van der Waals surface area contributed by atoms with Crippen LogP contribution in [0.15, 0.2) is 66.3 Å². The highest BCUT2D eigenvalue weighted by Crippen LogP contribution is 2.14. The third kappa shape index (κ3) is 5.42. The average molecular weight is 377 g/mol.